The van der Waals surface area contributed by atoms with E-state index < -0.39 is 18.6 Å². The van der Waals surface area contributed by atoms with Crippen LogP contribution in [0.3, 0.4) is 0 Å². The van der Waals surface area contributed by atoms with Gasteiger partial charge in [0.15, 0.2) is 5.65 Å². The third-order valence-electron chi connectivity index (χ3n) is 8.35. The number of benzene rings is 1. The number of aromatic hydroxyl groups is 1. The molecule has 1 aliphatic carbocycles. The maximum atomic E-state index is 15.1. The van der Waals surface area contributed by atoms with E-state index in [4.69, 9.17) is 21.6 Å². The number of fused-ring (bicyclic) bond motifs is 1. The zero-order valence-electron chi connectivity index (χ0n) is 25.4. The number of amides is 1. The van der Waals surface area contributed by atoms with Crippen LogP contribution >= 0.6 is 18.7 Å². The van der Waals surface area contributed by atoms with Gasteiger partial charge < -0.3 is 19.5 Å². The van der Waals surface area contributed by atoms with E-state index >= 15 is 4.39 Å². The van der Waals surface area contributed by atoms with Crippen molar-refractivity contribution in [2.45, 2.75) is 38.6 Å². The smallest absolute Gasteiger partial charge is 0.355 e. The highest BCUT2D eigenvalue weighted by Gasteiger charge is 2.34. The zero-order chi connectivity index (χ0) is 32.4. The van der Waals surface area contributed by atoms with E-state index in [9.17, 15) is 19.3 Å². The number of pyridine rings is 2. The number of carbonyl (C=O) groups is 1. The molecule has 4 aromatic rings. The van der Waals surface area contributed by atoms with Crippen LogP contribution in [0.5, 0.6) is 5.75 Å². The third kappa shape index (κ3) is 5.53. The number of nitrogens with zero attached hydrogens (tertiary/aromatic N) is 6. The first-order chi connectivity index (χ1) is 21.3. The molecular formula is C32H33ClFN6O4P. The van der Waals surface area contributed by atoms with Gasteiger partial charge in [-0.3, -0.25) is 4.79 Å². The Labute approximate surface area is 264 Å². The molecule has 0 radical (unpaired) electrons. The molecule has 2 aliphatic rings. The molecule has 1 amide bonds. The van der Waals surface area contributed by atoms with Gasteiger partial charge in [-0.2, -0.15) is 4.98 Å². The Morgan fingerprint density at radius 3 is 2.53 bits per heavy atom. The first-order valence-electron chi connectivity index (χ1n) is 14.7. The maximum absolute atomic E-state index is 15.1. The summed E-state index contributed by atoms with van der Waals surface area (Å²) in [4.78, 5) is 44.3. The van der Waals surface area contributed by atoms with Crippen LogP contribution in [-0.4, -0.2) is 74.4 Å². The van der Waals surface area contributed by atoms with Crippen LogP contribution in [0.2, 0.25) is 5.02 Å². The molecular weight excluding hydrogens is 618 g/mol. The summed E-state index contributed by atoms with van der Waals surface area (Å²) >= 11 is 6.76. The van der Waals surface area contributed by atoms with E-state index in [1.54, 1.807) is 30.4 Å². The Balaban J connectivity index is 1.66. The van der Waals surface area contributed by atoms with Crippen LogP contribution in [0.4, 0.5) is 10.2 Å². The average Bonchev–Trinajstić information content (AvgIpc) is 3.82. The van der Waals surface area contributed by atoms with Gasteiger partial charge in [0.05, 0.1) is 33.0 Å². The maximum Gasteiger partial charge on any atom is 0.355 e. The molecule has 0 unspecified atom stereocenters. The van der Waals surface area contributed by atoms with E-state index in [-0.39, 0.29) is 45.5 Å². The lowest BCUT2D eigenvalue weighted by atomic mass is 10.1. The molecule has 2 fully saturated rings. The van der Waals surface area contributed by atoms with Crippen LogP contribution < -0.4 is 16.0 Å². The second-order valence-corrected chi connectivity index (χ2v) is 15.6. The van der Waals surface area contributed by atoms with Crippen molar-refractivity contribution in [2.24, 2.45) is 0 Å². The van der Waals surface area contributed by atoms with Gasteiger partial charge in [0.1, 0.15) is 30.0 Å². The van der Waals surface area contributed by atoms with E-state index in [0.717, 1.165) is 12.8 Å². The molecule has 0 bridgehead atoms. The van der Waals surface area contributed by atoms with Gasteiger partial charge in [0, 0.05) is 31.6 Å². The van der Waals surface area contributed by atoms with E-state index in [1.807, 2.05) is 18.7 Å². The third-order valence-corrected chi connectivity index (χ3v) is 9.97. The largest absolute Gasteiger partial charge is 0.507 e. The first kappa shape index (κ1) is 30.9. The number of hydrogen-bond donors (Lipinski definition) is 1. The molecule has 1 saturated carbocycles. The highest BCUT2D eigenvalue weighted by Crippen LogP contribution is 2.45. The zero-order valence-corrected chi connectivity index (χ0v) is 27.1. The molecule has 13 heteroatoms. The molecule has 6 rings (SSSR count). The molecule has 1 aliphatic heterocycles. The van der Waals surface area contributed by atoms with E-state index in [2.05, 4.69) is 11.6 Å². The first-order valence-corrected chi connectivity index (χ1v) is 17.6. The summed E-state index contributed by atoms with van der Waals surface area (Å²) in [6, 6.07) is 6.99. The SMILES string of the molecule is C=CC(=O)N1CCN(c2nc(=O)n(-c3c(C)cc(P(C)(C)=O)nc3C3CC3)c3nc(-c4c(O)cccc4F)c(Cl)cc23)[C@@H](C)C1. The summed E-state index contributed by atoms with van der Waals surface area (Å²) in [5.74, 6) is -0.886. The normalized spacial score (nSPS) is 17.2. The van der Waals surface area contributed by atoms with E-state index in [1.165, 1.54) is 28.8 Å². The molecule has 1 N–H and O–H groups in total. The minimum atomic E-state index is -2.73. The molecule has 1 aromatic carbocycles. The predicted octanol–water partition coefficient (Wildman–Crippen LogP) is 5.00. The number of aryl methyl sites for hydroxylation is 1. The fraction of sp³-hybridized carbons (Fsp3) is 0.344. The Kier molecular flexibility index (Phi) is 7.82. The van der Waals surface area contributed by atoms with Crippen LogP contribution in [0.15, 0.2) is 47.8 Å². The summed E-state index contributed by atoms with van der Waals surface area (Å²) in [6.45, 7) is 11.8. The Hall–Kier alpha value is -4.08. The predicted molar refractivity (Wildman–Crippen MR) is 174 cm³/mol. The van der Waals surface area contributed by atoms with Gasteiger partial charge in [-0.25, -0.2) is 23.7 Å². The van der Waals surface area contributed by atoms with Crippen molar-refractivity contribution in [2.75, 3.05) is 37.9 Å². The topological polar surface area (TPSA) is 122 Å². The molecule has 45 heavy (non-hydrogen) atoms. The summed E-state index contributed by atoms with van der Waals surface area (Å²) in [5, 5.41) is 11.1. The molecule has 1 saturated heterocycles. The number of halogens is 2. The number of carbonyl (C=O) groups excluding carboxylic acids is 1. The van der Waals surface area contributed by atoms with Crippen LogP contribution in [0, 0.1) is 12.7 Å². The second kappa shape index (κ2) is 11.4. The van der Waals surface area contributed by atoms with Gasteiger partial charge in [0.25, 0.3) is 0 Å². The summed E-state index contributed by atoms with van der Waals surface area (Å²) in [5.41, 5.74) is 1.53. The fourth-order valence-corrected chi connectivity index (χ4v) is 7.03. The molecule has 10 nitrogen and oxygen atoms in total. The molecule has 3 aromatic heterocycles. The monoisotopic (exact) mass is 650 g/mol. The Morgan fingerprint density at radius 2 is 1.91 bits per heavy atom. The number of phenols is 1. The van der Waals surface area contributed by atoms with Gasteiger partial charge in [-0.15, -0.1) is 0 Å². The van der Waals surface area contributed by atoms with Gasteiger partial charge in [-0.05, 0) is 75.9 Å². The van der Waals surface area contributed by atoms with Crippen molar-refractivity contribution in [3.05, 3.63) is 75.6 Å². The van der Waals surface area contributed by atoms with Crippen molar-refractivity contribution >= 4 is 46.9 Å². The summed E-state index contributed by atoms with van der Waals surface area (Å²) in [7, 11) is -2.73. The summed E-state index contributed by atoms with van der Waals surface area (Å²) < 4.78 is 29.6. The number of hydrogen-bond acceptors (Lipinski definition) is 8. The van der Waals surface area contributed by atoms with E-state index in [0.29, 0.717) is 53.2 Å². The van der Waals surface area contributed by atoms with Crippen LogP contribution in [-0.2, 0) is 9.36 Å². The Morgan fingerprint density at radius 1 is 1.18 bits per heavy atom. The number of aromatic nitrogens is 4. The second-order valence-electron chi connectivity index (χ2n) is 12.1. The fourth-order valence-electron chi connectivity index (χ4n) is 5.93. The summed E-state index contributed by atoms with van der Waals surface area (Å²) in [6.07, 6.45) is 2.99. The molecule has 0 spiro atoms. The van der Waals surface area contributed by atoms with Crippen molar-refractivity contribution in [3.63, 3.8) is 0 Å². The highest BCUT2D eigenvalue weighted by molar-refractivity contribution is 7.69. The standard InChI is InChI=1S/C32H33ClFN6O4P/c1-6-25(42)38-12-13-39(18(3)16-38)30-20-15-21(33)28(26-22(34)8-7-9-23(26)41)36-31(20)40(32(43)37-30)29-17(2)14-24(45(4,5)44)35-27(29)19-10-11-19/h6-9,14-15,18-19,41H,1,10-13,16H2,2-5H3/t18-/m0/s1. The van der Waals surface area contributed by atoms with Crippen LogP contribution in [0.1, 0.15) is 36.9 Å². The van der Waals surface area contributed by atoms with Crippen molar-refractivity contribution in [1.29, 1.82) is 0 Å². The Bertz CT molecular complexity index is 1990. The lowest BCUT2D eigenvalue weighted by molar-refractivity contribution is -0.126. The average molecular weight is 651 g/mol. The van der Waals surface area contributed by atoms with Crippen molar-refractivity contribution in [1.82, 2.24) is 24.4 Å². The highest BCUT2D eigenvalue weighted by atomic mass is 35.5. The van der Waals surface area contributed by atoms with Gasteiger partial charge in [-0.1, -0.05) is 24.2 Å². The van der Waals surface area contributed by atoms with Crippen molar-refractivity contribution in [3.8, 4) is 22.7 Å². The number of rotatable bonds is 6. The lowest BCUT2D eigenvalue weighted by Gasteiger charge is -2.40. The van der Waals surface area contributed by atoms with Gasteiger partial charge in [0.2, 0.25) is 5.91 Å². The molecule has 234 valence electrons. The van der Waals surface area contributed by atoms with Crippen molar-refractivity contribution < 1.29 is 18.9 Å². The van der Waals surface area contributed by atoms with Gasteiger partial charge >= 0.3 is 5.69 Å². The molecule has 4 heterocycles. The molecule has 1 atom stereocenters. The quantitative estimate of drug-likeness (QED) is 0.229. The number of phenolic OH excluding ortho intramolecular Hbond substituents is 1. The minimum absolute atomic E-state index is 0.0404. The minimum Gasteiger partial charge on any atom is -0.507 e. The number of piperazine rings is 1. The lowest BCUT2D eigenvalue weighted by Crippen LogP contribution is -2.54. The number of anilines is 1. The van der Waals surface area contributed by atoms with Crippen LogP contribution in [0.25, 0.3) is 28.0 Å².